The van der Waals surface area contributed by atoms with Crippen LogP contribution < -0.4 is 10.6 Å². The molecule has 1 saturated heterocycles. The minimum absolute atomic E-state index is 0.0726. The summed E-state index contributed by atoms with van der Waals surface area (Å²) < 4.78 is 23.5. The normalized spacial score (nSPS) is 17.2. The van der Waals surface area contributed by atoms with Crippen molar-refractivity contribution in [2.75, 3.05) is 38.5 Å². The number of carbonyl (C=O) groups is 1. The van der Waals surface area contributed by atoms with Crippen LogP contribution in [-0.2, 0) is 14.6 Å². The lowest BCUT2D eigenvalue weighted by atomic mass is 10.2. The van der Waals surface area contributed by atoms with Crippen molar-refractivity contribution in [1.82, 2.24) is 15.5 Å². The molecule has 8 heteroatoms. The van der Waals surface area contributed by atoms with Crippen molar-refractivity contribution in [1.29, 1.82) is 0 Å². The molecule has 0 unspecified atom stereocenters. The number of nitrogens with one attached hydrogen (secondary N) is 2. The van der Waals surface area contributed by atoms with Crippen molar-refractivity contribution >= 4 is 21.7 Å². The third kappa shape index (κ3) is 7.93. The smallest absolute Gasteiger partial charge is 0.222 e. The molecular formula is C18H36N4O3S. The number of aliphatic imine (C=N–C) groups is 1. The highest BCUT2D eigenvalue weighted by atomic mass is 32.2. The van der Waals surface area contributed by atoms with Crippen LogP contribution in [0.5, 0.6) is 0 Å². The first-order valence-corrected chi connectivity index (χ1v) is 11.3. The summed E-state index contributed by atoms with van der Waals surface area (Å²) in [6.45, 7) is 10.3. The molecule has 2 N–H and O–H groups in total. The van der Waals surface area contributed by atoms with Crippen LogP contribution in [0.2, 0.25) is 0 Å². The number of sulfone groups is 1. The van der Waals surface area contributed by atoms with E-state index in [-0.39, 0.29) is 11.7 Å². The molecule has 1 fully saturated rings. The maximum absolute atomic E-state index is 12.1. The summed E-state index contributed by atoms with van der Waals surface area (Å²) in [5.41, 5.74) is 0. The van der Waals surface area contributed by atoms with Gasteiger partial charge in [-0.2, -0.15) is 0 Å². The molecular weight excluding hydrogens is 352 g/mol. The van der Waals surface area contributed by atoms with Crippen LogP contribution in [0, 0.1) is 0 Å². The molecule has 1 amide bonds. The first kappa shape index (κ1) is 22.7. The number of rotatable bonds is 8. The molecule has 1 rings (SSSR count). The third-order valence-corrected chi connectivity index (χ3v) is 7.08. The van der Waals surface area contributed by atoms with Crippen molar-refractivity contribution in [2.24, 2.45) is 4.99 Å². The van der Waals surface area contributed by atoms with Crippen molar-refractivity contribution in [3.63, 3.8) is 0 Å². The predicted molar refractivity (Wildman–Crippen MR) is 107 cm³/mol. The highest BCUT2D eigenvalue weighted by Crippen LogP contribution is 2.15. The van der Waals surface area contributed by atoms with Crippen LogP contribution >= 0.6 is 0 Å². The highest BCUT2D eigenvalue weighted by Gasteiger charge is 2.28. The lowest BCUT2D eigenvalue weighted by Gasteiger charge is -2.20. The van der Waals surface area contributed by atoms with Gasteiger partial charge in [-0.15, -0.1) is 0 Å². The molecule has 1 aliphatic heterocycles. The van der Waals surface area contributed by atoms with E-state index in [2.05, 4.69) is 15.6 Å². The van der Waals surface area contributed by atoms with Crippen LogP contribution in [0.4, 0.5) is 0 Å². The Balaban J connectivity index is 2.42. The molecule has 0 saturated carbocycles. The van der Waals surface area contributed by atoms with E-state index in [0.717, 1.165) is 38.8 Å². The van der Waals surface area contributed by atoms with Crippen LogP contribution in [0.3, 0.4) is 0 Å². The van der Waals surface area contributed by atoms with E-state index >= 15 is 0 Å². The van der Waals surface area contributed by atoms with Gasteiger partial charge < -0.3 is 15.5 Å². The van der Waals surface area contributed by atoms with Crippen molar-refractivity contribution in [3.05, 3.63) is 0 Å². The van der Waals surface area contributed by atoms with Gasteiger partial charge in [-0.25, -0.2) is 8.42 Å². The number of likely N-dealkylation sites (tertiary alicyclic amines) is 1. The van der Waals surface area contributed by atoms with E-state index in [4.69, 9.17) is 0 Å². The molecule has 7 nitrogen and oxygen atoms in total. The van der Waals surface area contributed by atoms with Crippen molar-refractivity contribution in [3.8, 4) is 0 Å². The minimum Gasteiger partial charge on any atom is -0.357 e. The molecule has 0 aromatic heterocycles. The van der Waals surface area contributed by atoms with Crippen LogP contribution in [-0.4, -0.2) is 68.4 Å². The maximum atomic E-state index is 12.1. The van der Waals surface area contributed by atoms with Crippen molar-refractivity contribution < 1.29 is 13.2 Å². The van der Waals surface area contributed by atoms with Crippen molar-refractivity contribution in [2.45, 2.75) is 64.5 Å². The van der Waals surface area contributed by atoms with Gasteiger partial charge in [0.25, 0.3) is 0 Å². The average molecular weight is 389 g/mol. The number of carbonyl (C=O) groups excluding carboxylic acids is 1. The van der Waals surface area contributed by atoms with Crippen LogP contribution in [0.25, 0.3) is 0 Å². The zero-order valence-electron chi connectivity index (χ0n) is 16.8. The van der Waals surface area contributed by atoms with Gasteiger partial charge in [-0.3, -0.25) is 9.79 Å². The fourth-order valence-electron chi connectivity index (χ4n) is 2.68. The minimum atomic E-state index is -3.15. The quantitative estimate of drug-likeness (QED) is 0.374. The number of hydrogen-bond donors (Lipinski definition) is 2. The first-order valence-electron chi connectivity index (χ1n) is 9.69. The monoisotopic (exact) mass is 388 g/mol. The zero-order valence-corrected chi connectivity index (χ0v) is 17.6. The fourth-order valence-corrected chi connectivity index (χ4v) is 3.66. The Morgan fingerprint density at radius 1 is 1.19 bits per heavy atom. The van der Waals surface area contributed by atoms with E-state index in [1.54, 1.807) is 20.8 Å². The molecule has 0 aromatic rings. The molecule has 0 bridgehead atoms. The van der Waals surface area contributed by atoms with E-state index in [9.17, 15) is 13.2 Å². The molecule has 152 valence electrons. The van der Waals surface area contributed by atoms with E-state index in [1.807, 2.05) is 11.8 Å². The van der Waals surface area contributed by atoms with Crippen LogP contribution in [0.1, 0.15) is 59.8 Å². The lowest BCUT2D eigenvalue weighted by Crippen LogP contribution is -2.42. The number of amides is 1. The van der Waals surface area contributed by atoms with Gasteiger partial charge in [0.2, 0.25) is 5.91 Å². The summed E-state index contributed by atoms with van der Waals surface area (Å²) in [7, 11) is -3.15. The molecule has 0 atom stereocenters. The molecule has 0 aliphatic carbocycles. The fraction of sp³-hybridized carbons (Fsp3) is 0.889. The second kappa shape index (κ2) is 10.7. The Bertz CT molecular complexity index is 567. The number of guanidine groups is 1. The summed E-state index contributed by atoms with van der Waals surface area (Å²) in [5, 5.41) is 6.21. The van der Waals surface area contributed by atoms with Gasteiger partial charge in [-0.05, 0) is 47.0 Å². The zero-order chi connectivity index (χ0) is 19.6. The summed E-state index contributed by atoms with van der Waals surface area (Å²) in [5.74, 6) is 0.950. The molecule has 0 radical (unpaired) electrons. The number of hydrogen-bond acceptors (Lipinski definition) is 4. The van der Waals surface area contributed by atoms with Crippen LogP contribution in [0.15, 0.2) is 4.99 Å². The van der Waals surface area contributed by atoms with Gasteiger partial charge >= 0.3 is 0 Å². The Labute approximate surface area is 158 Å². The van der Waals surface area contributed by atoms with E-state index in [1.165, 1.54) is 0 Å². The SMILES string of the molecule is CCNC(=NCCCN1CCCCCC1=O)NCCS(=O)(=O)C(C)(C)C. The van der Waals surface area contributed by atoms with E-state index < -0.39 is 14.6 Å². The molecule has 1 aliphatic rings. The second-order valence-corrected chi connectivity index (χ2v) is 10.5. The van der Waals surface area contributed by atoms with Gasteiger partial charge in [0.1, 0.15) is 0 Å². The van der Waals surface area contributed by atoms with Gasteiger partial charge in [0, 0.05) is 39.1 Å². The summed E-state index contributed by atoms with van der Waals surface area (Å²) in [6.07, 6.45) is 4.69. The standard InChI is InChI=1S/C18H36N4O3S/c1-5-19-17(21-12-15-26(24,25)18(2,3)4)20-11-9-14-22-13-8-6-7-10-16(22)23/h5-15H2,1-4H3,(H2,19,20,21). The molecule has 26 heavy (non-hydrogen) atoms. The topological polar surface area (TPSA) is 90.9 Å². The van der Waals surface area contributed by atoms with Gasteiger partial charge in [0.15, 0.2) is 15.8 Å². The highest BCUT2D eigenvalue weighted by molar-refractivity contribution is 7.92. The summed E-state index contributed by atoms with van der Waals surface area (Å²) in [4.78, 5) is 18.4. The second-order valence-electron chi connectivity index (χ2n) is 7.66. The Morgan fingerprint density at radius 2 is 1.92 bits per heavy atom. The Kier molecular flexibility index (Phi) is 9.39. The first-order chi connectivity index (χ1) is 12.2. The van der Waals surface area contributed by atoms with Gasteiger partial charge in [0.05, 0.1) is 10.5 Å². The maximum Gasteiger partial charge on any atom is 0.222 e. The summed E-state index contributed by atoms with van der Waals surface area (Å²) in [6, 6.07) is 0. The van der Waals surface area contributed by atoms with Gasteiger partial charge in [-0.1, -0.05) is 6.42 Å². The predicted octanol–water partition coefficient (Wildman–Crippen LogP) is 1.55. The summed E-state index contributed by atoms with van der Waals surface area (Å²) >= 11 is 0. The van der Waals surface area contributed by atoms with E-state index in [0.29, 0.717) is 32.0 Å². The largest absolute Gasteiger partial charge is 0.357 e. The lowest BCUT2D eigenvalue weighted by molar-refractivity contribution is -0.130. The third-order valence-electron chi connectivity index (χ3n) is 4.47. The molecule has 0 aromatic carbocycles. The Hall–Kier alpha value is -1.31. The molecule has 1 heterocycles. The average Bonchev–Trinajstić information content (AvgIpc) is 2.74. The molecule has 0 spiro atoms. The number of nitrogens with zero attached hydrogens (tertiary/aromatic N) is 2. The Morgan fingerprint density at radius 3 is 2.58 bits per heavy atom.